The Morgan fingerprint density at radius 3 is 2.43 bits per heavy atom. The summed E-state index contributed by atoms with van der Waals surface area (Å²) in [5.41, 5.74) is 0. The van der Waals surface area contributed by atoms with Gasteiger partial charge in [0.1, 0.15) is 0 Å². The van der Waals surface area contributed by atoms with Crippen LogP contribution in [0.15, 0.2) is 48.6 Å². The first-order valence-electron chi connectivity index (χ1n) is 8.70. The number of carboxylic acids is 1. The number of allylic oxidation sites excluding steroid dienone is 6. The van der Waals surface area contributed by atoms with Crippen molar-refractivity contribution >= 4 is 5.97 Å². The van der Waals surface area contributed by atoms with Gasteiger partial charge in [-0.1, -0.05) is 68.4 Å². The third-order valence-electron chi connectivity index (χ3n) is 3.30. The van der Waals surface area contributed by atoms with Crippen LogP contribution in [0.4, 0.5) is 0 Å². The molecule has 0 saturated heterocycles. The SMILES string of the molecule is CCCCCC=CC=C[C@@H](O)CC=CCC=CCCCC(=O)O. The highest BCUT2D eigenvalue weighted by Gasteiger charge is 1.93. The van der Waals surface area contributed by atoms with Gasteiger partial charge < -0.3 is 10.2 Å². The molecule has 0 aliphatic carbocycles. The minimum atomic E-state index is -0.740. The zero-order valence-corrected chi connectivity index (χ0v) is 14.4. The van der Waals surface area contributed by atoms with Crippen molar-refractivity contribution in [3.63, 3.8) is 0 Å². The van der Waals surface area contributed by atoms with Gasteiger partial charge in [-0.05, 0) is 38.5 Å². The van der Waals surface area contributed by atoms with Crippen LogP contribution in [0.1, 0.15) is 64.7 Å². The molecule has 0 radical (unpaired) electrons. The first kappa shape index (κ1) is 21.4. The summed E-state index contributed by atoms with van der Waals surface area (Å²) >= 11 is 0. The number of aliphatic carboxylic acids is 1. The van der Waals surface area contributed by atoms with E-state index in [2.05, 4.69) is 13.0 Å². The third kappa shape index (κ3) is 18.3. The Bertz CT molecular complexity index is 392. The molecule has 0 aromatic heterocycles. The summed E-state index contributed by atoms with van der Waals surface area (Å²) in [5, 5.41) is 18.3. The molecule has 3 heteroatoms. The second-order valence-corrected chi connectivity index (χ2v) is 5.58. The number of aliphatic hydroxyl groups excluding tert-OH is 1. The second kappa shape index (κ2) is 16.8. The number of carboxylic acid groups (broad SMARTS) is 1. The average molecular weight is 320 g/mol. The van der Waals surface area contributed by atoms with Crippen molar-refractivity contribution in [3.8, 4) is 0 Å². The molecule has 130 valence electrons. The number of hydrogen-bond acceptors (Lipinski definition) is 2. The molecule has 0 aromatic rings. The summed E-state index contributed by atoms with van der Waals surface area (Å²) in [6, 6.07) is 0. The van der Waals surface area contributed by atoms with E-state index in [0.29, 0.717) is 12.8 Å². The van der Waals surface area contributed by atoms with Gasteiger partial charge in [0.15, 0.2) is 0 Å². The summed E-state index contributed by atoms with van der Waals surface area (Å²) in [5.74, 6) is -0.740. The summed E-state index contributed by atoms with van der Waals surface area (Å²) in [6.45, 7) is 2.20. The van der Waals surface area contributed by atoms with E-state index in [4.69, 9.17) is 5.11 Å². The summed E-state index contributed by atoms with van der Waals surface area (Å²) in [7, 11) is 0. The van der Waals surface area contributed by atoms with Crippen LogP contribution in [-0.2, 0) is 4.79 Å². The molecule has 0 aliphatic heterocycles. The molecule has 0 bridgehead atoms. The van der Waals surface area contributed by atoms with E-state index in [9.17, 15) is 9.90 Å². The molecular weight excluding hydrogens is 288 g/mol. The molecular formula is C20H32O3. The Morgan fingerprint density at radius 2 is 1.70 bits per heavy atom. The molecule has 23 heavy (non-hydrogen) atoms. The Labute approximate surface area is 141 Å². The third-order valence-corrected chi connectivity index (χ3v) is 3.30. The lowest BCUT2D eigenvalue weighted by Gasteiger charge is -1.98. The van der Waals surface area contributed by atoms with Crippen molar-refractivity contribution < 1.29 is 15.0 Å². The molecule has 0 rings (SSSR count). The van der Waals surface area contributed by atoms with E-state index in [1.165, 1.54) is 19.3 Å². The minimum absolute atomic E-state index is 0.228. The zero-order chi connectivity index (χ0) is 17.2. The maximum absolute atomic E-state index is 10.3. The molecule has 0 unspecified atom stereocenters. The van der Waals surface area contributed by atoms with Crippen molar-refractivity contribution in [2.24, 2.45) is 0 Å². The maximum atomic E-state index is 10.3. The highest BCUT2D eigenvalue weighted by atomic mass is 16.4. The maximum Gasteiger partial charge on any atom is 0.303 e. The van der Waals surface area contributed by atoms with Crippen molar-refractivity contribution in [2.45, 2.75) is 70.8 Å². The fourth-order valence-electron chi connectivity index (χ4n) is 1.95. The lowest BCUT2D eigenvalue weighted by molar-refractivity contribution is -0.137. The predicted octanol–water partition coefficient (Wildman–Crippen LogP) is 5.19. The molecule has 0 fully saturated rings. The quantitative estimate of drug-likeness (QED) is 0.263. The van der Waals surface area contributed by atoms with Crippen LogP contribution in [0.25, 0.3) is 0 Å². The van der Waals surface area contributed by atoms with E-state index >= 15 is 0 Å². The molecule has 0 aliphatic rings. The number of rotatable bonds is 14. The van der Waals surface area contributed by atoms with E-state index in [1.54, 1.807) is 0 Å². The molecule has 3 nitrogen and oxygen atoms in total. The van der Waals surface area contributed by atoms with Crippen LogP contribution in [0.5, 0.6) is 0 Å². The van der Waals surface area contributed by atoms with Gasteiger partial charge in [0.05, 0.1) is 6.10 Å². The van der Waals surface area contributed by atoms with Gasteiger partial charge in [0.2, 0.25) is 0 Å². The molecule has 0 amide bonds. The second-order valence-electron chi connectivity index (χ2n) is 5.58. The molecule has 0 spiro atoms. The number of carbonyl (C=O) groups is 1. The number of hydrogen-bond donors (Lipinski definition) is 2. The summed E-state index contributed by atoms with van der Waals surface area (Å²) in [4.78, 5) is 10.3. The van der Waals surface area contributed by atoms with E-state index in [-0.39, 0.29) is 6.42 Å². The smallest absolute Gasteiger partial charge is 0.303 e. The monoisotopic (exact) mass is 320 g/mol. The average Bonchev–Trinajstić information content (AvgIpc) is 2.52. The van der Waals surface area contributed by atoms with Crippen LogP contribution < -0.4 is 0 Å². The van der Waals surface area contributed by atoms with Gasteiger partial charge in [0.25, 0.3) is 0 Å². The molecule has 0 aromatic carbocycles. The molecule has 0 saturated carbocycles. The van der Waals surface area contributed by atoms with Crippen LogP contribution in [-0.4, -0.2) is 22.3 Å². The van der Waals surface area contributed by atoms with Gasteiger partial charge in [-0.15, -0.1) is 0 Å². The van der Waals surface area contributed by atoms with Crippen molar-refractivity contribution in [2.75, 3.05) is 0 Å². The van der Waals surface area contributed by atoms with Gasteiger partial charge in [-0.3, -0.25) is 4.79 Å². The number of aliphatic hydroxyl groups is 1. The lowest BCUT2D eigenvalue weighted by Crippen LogP contribution is -1.98. The number of unbranched alkanes of at least 4 members (excludes halogenated alkanes) is 4. The first-order valence-corrected chi connectivity index (χ1v) is 8.70. The normalized spacial score (nSPS) is 13.8. The fourth-order valence-corrected chi connectivity index (χ4v) is 1.95. The van der Waals surface area contributed by atoms with Crippen LogP contribution in [0, 0.1) is 0 Å². The highest BCUT2D eigenvalue weighted by molar-refractivity contribution is 5.66. The predicted molar refractivity (Wildman–Crippen MR) is 97.4 cm³/mol. The van der Waals surface area contributed by atoms with Gasteiger partial charge in [0, 0.05) is 6.42 Å². The first-order chi connectivity index (χ1) is 11.2. The fraction of sp³-hybridized carbons (Fsp3) is 0.550. The lowest BCUT2D eigenvalue weighted by atomic mass is 10.2. The Hall–Kier alpha value is -1.61. The Morgan fingerprint density at radius 1 is 0.957 bits per heavy atom. The van der Waals surface area contributed by atoms with Crippen LogP contribution in [0.3, 0.4) is 0 Å². The Kier molecular flexibility index (Phi) is 15.6. The largest absolute Gasteiger partial charge is 0.481 e. The van der Waals surface area contributed by atoms with Crippen molar-refractivity contribution in [1.29, 1.82) is 0 Å². The van der Waals surface area contributed by atoms with E-state index < -0.39 is 12.1 Å². The zero-order valence-electron chi connectivity index (χ0n) is 14.4. The van der Waals surface area contributed by atoms with Crippen molar-refractivity contribution in [1.82, 2.24) is 0 Å². The van der Waals surface area contributed by atoms with Gasteiger partial charge >= 0.3 is 5.97 Å². The van der Waals surface area contributed by atoms with Gasteiger partial charge in [-0.2, -0.15) is 0 Å². The van der Waals surface area contributed by atoms with E-state index in [0.717, 1.165) is 19.3 Å². The summed E-state index contributed by atoms with van der Waals surface area (Å²) < 4.78 is 0. The Balaban J connectivity index is 3.61. The molecule has 0 heterocycles. The molecule has 1 atom stereocenters. The van der Waals surface area contributed by atoms with Crippen LogP contribution >= 0.6 is 0 Å². The molecule has 2 N–H and O–H groups in total. The highest BCUT2D eigenvalue weighted by Crippen LogP contribution is 2.02. The van der Waals surface area contributed by atoms with Crippen molar-refractivity contribution in [3.05, 3.63) is 48.6 Å². The summed E-state index contributed by atoms with van der Waals surface area (Å²) in [6.07, 6.45) is 23.5. The standard InChI is InChI=1S/C20H32O3/c1-2-3-4-5-7-10-13-16-19(21)17-14-11-8-6-9-12-15-18-20(22)23/h6-7,9-11,13-14,16,19,21H,2-5,8,12,15,17-18H2,1H3,(H,22,23)/t19-/m1/s1. The van der Waals surface area contributed by atoms with E-state index in [1.807, 2.05) is 42.5 Å². The van der Waals surface area contributed by atoms with Gasteiger partial charge in [-0.25, -0.2) is 0 Å². The topological polar surface area (TPSA) is 57.5 Å². The van der Waals surface area contributed by atoms with Crippen LogP contribution in [0.2, 0.25) is 0 Å². The minimum Gasteiger partial charge on any atom is -0.481 e.